The monoisotopic (exact) mass is 459 g/mol. The van der Waals surface area contributed by atoms with Crippen molar-refractivity contribution in [2.45, 2.75) is 45.7 Å². The Bertz CT molecular complexity index is 1120. The summed E-state index contributed by atoms with van der Waals surface area (Å²) in [6, 6.07) is 9.08. The molecule has 1 aromatic heterocycles. The molecule has 180 valence electrons. The number of hydrogen-bond donors (Lipinski definition) is 3. The van der Waals surface area contributed by atoms with E-state index in [1.54, 1.807) is 25.7 Å². The van der Waals surface area contributed by atoms with Gasteiger partial charge in [0.1, 0.15) is 5.82 Å². The Labute approximate surface area is 203 Å². The lowest BCUT2D eigenvalue weighted by Crippen LogP contribution is -2.39. The maximum absolute atomic E-state index is 5.97. The average Bonchev–Trinajstić information content (AvgIpc) is 2.86. The molecule has 0 amide bonds. The summed E-state index contributed by atoms with van der Waals surface area (Å²) in [5.74, 6) is 0.734. The maximum atomic E-state index is 5.97. The van der Waals surface area contributed by atoms with E-state index < -0.39 is 0 Å². The molecule has 0 atom stereocenters. The molecule has 1 fully saturated rings. The molecular weight excluding hydrogens is 422 g/mol. The number of piperidine rings is 1. The quantitative estimate of drug-likeness (QED) is 0.402. The van der Waals surface area contributed by atoms with Crippen LogP contribution in [0.3, 0.4) is 0 Å². The molecule has 7 nitrogen and oxygen atoms in total. The van der Waals surface area contributed by atoms with Crippen molar-refractivity contribution in [2.75, 3.05) is 25.5 Å². The summed E-state index contributed by atoms with van der Waals surface area (Å²) >= 11 is 0. The molecule has 0 spiro atoms. The number of likely N-dealkylation sites (tertiary alicyclic amines) is 1. The lowest BCUT2D eigenvalue weighted by Gasteiger charge is -2.33. The first-order valence-electron chi connectivity index (χ1n) is 11.9. The highest BCUT2D eigenvalue weighted by Crippen LogP contribution is 2.23. The van der Waals surface area contributed by atoms with Crippen LogP contribution >= 0.6 is 0 Å². The molecule has 0 unspecified atom stereocenters. The van der Waals surface area contributed by atoms with Gasteiger partial charge >= 0.3 is 0 Å². The molecule has 0 saturated carbocycles. The van der Waals surface area contributed by atoms with Crippen molar-refractivity contribution in [3.63, 3.8) is 0 Å². The Morgan fingerprint density at radius 1 is 1.12 bits per heavy atom. The molecular formula is C27H37N7. The van der Waals surface area contributed by atoms with Crippen molar-refractivity contribution < 1.29 is 0 Å². The molecule has 0 bridgehead atoms. The zero-order valence-electron chi connectivity index (χ0n) is 20.7. The number of nitrogens with two attached hydrogens (primary N) is 2. The number of anilines is 1. The van der Waals surface area contributed by atoms with Gasteiger partial charge in [0.2, 0.25) is 0 Å². The summed E-state index contributed by atoms with van der Waals surface area (Å²) in [6.45, 7) is 8.65. The first kappa shape index (κ1) is 25.2. The number of allylic oxidation sites excluding steroid dienone is 3. The van der Waals surface area contributed by atoms with Crippen LogP contribution in [0.4, 0.5) is 5.82 Å². The van der Waals surface area contributed by atoms with E-state index in [1.165, 1.54) is 0 Å². The van der Waals surface area contributed by atoms with Crippen molar-refractivity contribution in [1.82, 2.24) is 9.88 Å². The Morgan fingerprint density at radius 2 is 1.88 bits per heavy atom. The highest BCUT2D eigenvalue weighted by molar-refractivity contribution is 6.10. The number of nitrogens with zero attached hydrogens (tertiary/aromatic N) is 4. The van der Waals surface area contributed by atoms with Gasteiger partial charge in [-0.2, -0.15) is 0 Å². The Kier molecular flexibility index (Phi) is 8.99. The van der Waals surface area contributed by atoms with E-state index in [1.807, 2.05) is 43.6 Å². The van der Waals surface area contributed by atoms with Crippen molar-refractivity contribution in [3.8, 4) is 0 Å². The number of hydrogen-bond acceptors (Lipinski definition) is 7. The van der Waals surface area contributed by atoms with Gasteiger partial charge < -0.3 is 21.7 Å². The van der Waals surface area contributed by atoms with E-state index in [0.29, 0.717) is 12.1 Å². The molecule has 0 aliphatic carbocycles. The number of aromatic nitrogens is 1. The van der Waals surface area contributed by atoms with Crippen molar-refractivity contribution >= 4 is 34.6 Å². The second kappa shape index (κ2) is 12.1. The van der Waals surface area contributed by atoms with Crippen LogP contribution in [0.1, 0.15) is 39.2 Å². The smallest absolute Gasteiger partial charge is 0.130 e. The van der Waals surface area contributed by atoms with Crippen molar-refractivity contribution in [2.24, 2.45) is 21.5 Å². The van der Waals surface area contributed by atoms with Crippen LogP contribution in [0.2, 0.25) is 0 Å². The minimum Gasteiger partial charge on any atom is -0.404 e. The van der Waals surface area contributed by atoms with Crippen LogP contribution in [-0.2, 0) is 0 Å². The van der Waals surface area contributed by atoms with E-state index in [0.717, 1.165) is 64.9 Å². The van der Waals surface area contributed by atoms with Crippen LogP contribution in [0.5, 0.6) is 0 Å². The lowest BCUT2D eigenvalue weighted by molar-refractivity contribution is 0.173. The molecule has 1 aromatic carbocycles. The standard InChI is InChI=1S/C27H37N7/c1-5-26(24(15-29)18-31-25-8-10-34(11-9-25)19(2)3)33-27-13-22-12-20(23(14-28)16-30-4)6-7-21(22)17-32-27/h5-7,12-19,25H,8-11,28-29H2,1-4H3,(H,32,33)/b23-14+,24-15+,26-5-,30-16?,31-18?. The van der Waals surface area contributed by atoms with Crippen LogP contribution in [0.25, 0.3) is 16.3 Å². The van der Waals surface area contributed by atoms with Gasteiger partial charge in [-0.25, -0.2) is 4.98 Å². The van der Waals surface area contributed by atoms with Gasteiger partial charge in [0.15, 0.2) is 0 Å². The van der Waals surface area contributed by atoms with E-state index in [4.69, 9.17) is 16.5 Å². The van der Waals surface area contributed by atoms with E-state index in [2.05, 4.69) is 40.1 Å². The summed E-state index contributed by atoms with van der Waals surface area (Å²) in [4.78, 5) is 16.0. The van der Waals surface area contributed by atoms with Gasteiger partial charge in [-0.05, 0) is 56.7 Å². The highest BCUT2D eigenvalue weighted by atomic mass is 15.2. The summed E-state index contributed by atoms with van der Waals surface area (Å²) in [7, 11) is 1.73. The zero-order valence-corrected chi connectivity index (χ0v) is 20.7. The lowest BCUT2D eigenvalue weighted by atomic mass is 10.0. The van der Waals surface area contributed by atoms with Crippen molar-refractivity contribution in [1.29, 1.82) is 0 Å². The van der Waals surface area contributed by atoms with Crippen LogP contribution < -0.4 is 16.8 Å². The Morgan fingerprint density at radius 3 is 2.50 bits per heavy atom. The summed E-state index contributed by atoms with van der Waals surface area (Å²) in [5, 5.41) is 5.51. The molecule has 1 saturated heterocycles. The maximum Gasteiger partial charge on any atom is 0.130 e. The topological polar surface area (TPSA) is 105 Å². The average molecular weight is 460 g/mol. The Balaban J connectivity index is 1.75. The number of nitrogens with one attached hydrogen (secondary N) is 1. The molecule has 1 aliphatic heterocycles. The third kappa shape index (κ3) is 6.32. The van der Waals surface area contributed by atoms with E-state index in [9.17, 15) is 0 Å². The summed E-state index contributed by atoms with van der Waals surface area (Å²) < 4.78 is 0. The Hall–Kier alpha value is -3.45. The summed E-state index contributed by atoms with van der Waals surface area (Å²) in [6.07, 6.45) is 12.8. The van der Waals surface area contributed by atoms with Gasteiger partial charge in [-0.15, -0.1) is 0 Å². The third-order valence-corrected chi connectivity index (χ3v) is 6.20. The SMILES string of the molecule is C/C=C(Nc1cc2cc(/C(C=NC)=C/N)ccc2cn1)/C(C=NC1CCN(C(C)C)CC1)=C/N. The molecule has 1 aliphatic rings. The number of fused-ring (bicyclic) bond motifs is 1. The van der Waals surface area contributed by atoms with Gasteiger partial charge in [-0.1, -0.05) is 18.2 Å². The molecule has 2 aromatic rings. The fourth-order valence-corrected chi connectivity index (χ4v) is 4.13. The number of aliphatic imine (C=N–C) groups is 2. The number of pyridine rings is 1. The van der Waals surface area contributed by atoms with Gasteiger partial charge in [-0.3, -0.25) is 9.98 Å². The zero-order chi connectivity index (χ0) is 24.5. The number of rotatable bonds is 8. The molecule has 5 N–H and O–H groups in total. The van der Waals surface area contributed by atoms with Crippen molar-refractivity contribution in [3.05, 3.63) is 65.8 Å². The molecule has 34 heavy (non-hydrogen) atoms. The first-order valence-corrected chi connectivity index (χ1v) is 11.9. The molecule has 3 rings (SSSR count). The minimum absolute atomic E-state index is 0.330. The fraction of sp³-hybridized carbons (Fsp3) is 0.370. The second-order valence-corrected chi connectivity index (χ2v) is 8.73. The predicted octanol–water partition coefficient (Wildman–Crippen LogP) is 4.34. The third-order valence-electron chi connectivity index (χ3n) is 6.20. The van der Waals surface area contributed by atoms with Gasteiger partial charge in [0, 0.05) is 79.4 Å². The minimum atomic E-state index is 0.330. The van der Waals surface area contributed by atoms with E-state index >= 15 is 0 Å². The van der Waals surface area contributed by atoms with Crippen LogP contribution in [0.15, 0.2) is 70.2 Å². The highest BCUT2D eigenvalue weighted by Gasteiger charge is 2.19. The van der Waals surface area contributed by atoms with Crippen LogP contribution in [0, 0.1) is 0 Å². The van der Waals surface area contributed by atoms with Gasteiger partial charge in [0.25, 0.3) is 0 Å². The summed E-state index contributed by atoms with van der Waals surface area (Å²) in [5.41, 5.74) is 15.3. The molecule has 7 heteroatoms. The second-order valence-electron chi connectivity index (χ2n) is 8.73. The first-order chi connectivity index (χ1) is 16.5. The van der Waals surface area contributed by atoms with Crippen LogP contribution in [-0.4, -0.2) is 54.5 Å². The fourth-order valence-electron chi connectivity index (χ4n) is 4.13. The predicted molar refractivity (Wildman–Crippen MR) is 146 cm³/mol. The largest absolute Gasteiger partial charge is 0.404 e. The normalized spacial score (nSPS) is 17.5. The molecule has 0 radical (unpaired) electrons. The number of benzene rings is 1. The van der Waals surface area contributed by atoms with E-state index in [-0.39, 0.29) is 0 Å². The van der Waals surface area contributed by atoms with Gasteiger partial charge in [0.05, 0.1) is 6.04 Å². The molecule has 2 heterocycles.